The number of hydrogen-bond acceptors (Lipinski definition) is 5. The highest BCUT2D eigenvalue weighted by molar-refractivity contribution is 5.81. The van der Waals surface area contributed by atoms with Crippen LogP contribution in [0.4, 0.5) is 4.79 Å². The van der Waals surface area contributed by atoms with Crippen LogP contribution >= 0.6 is 0 Å². The average Bonchev–Trinajstić information content (AvgIpc) is 3.28. The van der Waals surface area contributed by atoms with Crippen molar-refractivity contribution < 1.29 is 23.8 Å². The van der Waals surface area contributed by atoms with Crippen molar-refractivity contribution in [3.63, 3.8) is 0 Å². The zero-order valence-electron chi connectivity index (χ0n) is 13.0. The summed E-state index contributed by atoms with van der Waals surface area (Å²) >= 11 is 0. The molecule has 1 N–H and O–H groups in total. The Bertz CT molecular complexity index is 382. The normalized spacial score (nSPS) is 30.3. The summed E-state index contributed by atoms with van der Waals surface area (Å²) in [6.07, 6.45) is 3.58. The fourth-order valence-electron chi connectivity index (χ4n) is 3.06. The van der Waals surface area contributed by atoms with Crippen molar-refractivity contribution in [2.24, 2.45) is 11.8 Å². The van der Waals surface area contributed by atoms with Gasteiger partial charge in [-0.25, -0.2) is 9.59 Å². The molecule has 0 bridgehead atoms. The fraction of sp³-hybridized carbons (Fsp3) is 0.867. The van der Waals surface area contributed by atoms with Gasteiger partial charge in [0.05, 0.1) is 25.9 Å². The minimum Gasteiger partial charge on any atom is -0.464 e. The molecule has 1 saturated heterocycles. The number of alkyl carbamates (subject to hydrolysis) is 1. The highest BCUT2D eigenvalue weighted by atomic mass is 16.5. The summed E-state index contributed by atoms with van der Waals surface area (Å²) in [5.41, 5.74) is 0. The minimum atomic E-state index is -0.662. The number of hydrogen-bond donors (Lipinski definition) is 1. The fourth-order valence-corrected chi connectivity index (χ4v) is 3.06. The van der Waals surface area contributed by atoms with E-state index in [4.69, 9.17) is 9.47 Å². The molecule has 2 rings (SSSR count). The second-order valence-electron chi connectivity index (χ2n) is 5.92. The van der Waals surface area contributed by atoms with E-state index in [0.717, 1.165) is 12.8 Å². The number of carbonyl (C=O) groups is 2. The lowest BCUT2D eigenvalue weighted by molar-refractivity contribution is -0.150. The molecule has 4 atom stereocenters. The Morgan fingerprint density at radius 1 is 1.33 bits per heavy atom. The molecule has 1 aliphatic heterocycles. The Morgan fingerprint density at radius 2 is 2.05 bits per heavy atom. The first kappa shape index (κ1) is 16.1. The van der Waals surface area contributed by atoms with Crippen molar-refractivity contribution in [2.75, 3.05) is 13.7 Å². The van der Waals surface area contributed by atoms with Crippen molar-refractivity contribution in [2.45, 2.75) is 57.8 Å². The lowest BCUT2D eigenvalue weighted by Crippen LogP contribution is -2.50. The number of methoxy groups -OCH3 is 1. The van der Waals surface area contributed by atoms with Crippen LogP contribution in [0.5, 0.6) is 0 Å². The molecule has 120 valence electrons. The second kappa shape index (κ2) is 7.11. The van der Waals surface area contributed by atoms with Crippen LogP contribution in [0.15, 0.2) is 0 Å². The van der Waals surface area contributed by atoms with Crippen LogP contribution in [-0.4, -0.2) is 44.0 Å². The SMILES string of the molecule is CCOC(=O)[C@@H](NC(=O)OC)[C@H]1C[C@H](C)O[C@@H](C2CC2)C1. The van der Waals surface area contributed by atoms with Gasteiger partial charge in [-0.1, -0.05) is 0 Å². The Morgan fingerprint density at radius 3 is 2.62 bits per heavy atom. The van der Waals surface area contributed by atoms with Gasteiger partial charge in [0, 0.05) is 0 Å². The molecule has 0 aromatic rings. The highest BCUT2D eigenvalue weighted by Crippen LogP contribution is 2.41. The van der Waals surface area contributed by atoms with Crippen molar-refractivity contribution in [1.29, 1.82) is 0 Å². The third-order valence-corrected chi connectivity index (χ3v) is 4.20. The van der Waals surface area contributed by atoms with E-state index in [0.29, 0.717) is 12.5 Å². The minimum absolute atomic E-state index is 0.0255. The van der Waals surface area contributed by atoms with Crippen LogP contribution in [0, 0.1) is 11.8 Å². The van der Waals surface area contributed by atoms with Crippen LogP contribution in [-0.2, 0) is 19.0 Å². The number of carbonyl (C=O) groups excluding carboxylic acids is 2. The van der Waals surface area contributed by atoms with Gasteiger partial charge in [0.1, 0.15) is 6.04 Å². The Labute approximate surface area is 125 Å². The van der Waals surface area contributed by atoms with Crippen molar-refractivity contribution in [3.05, 3.63) is 0 Å². The number of amides is 1. The molecule has 1 heterocycles. The maximum Gasteiger partial charge on any atom is 0.407 e. The van der Waals surface area contributed by atoms with Gasteiger partial charge >= 0.3 is 12.1 Å². The van der Waals surface area contributed by atoms with Gasteiger partial charge in [0.25, 0.3) is 0 Å². The van der Waals surface area contributed by atoms with E-state index >= 15 is 0 Å². The first-order valence-electron chi connectivity index (χ1n) is 7.71. The van der Waals surface area contributed by atoms with Crippen LogP contribution in [0.2, 0.25) is 0 Å². The van der Waals surface area contributed by atoms with Crippen LogP contribution in [0.25, 0.3) is 0 Å². The molecule has 0 spiro atoms. The molecule has 21 heavy (non-hydrogen) atoms. The van der Waals surface area contributed by atoms with Crippen LogP contribution in [0.1, 0.15) is 39.5 Å². The summed E-state index contributed by atoms with van der Waals surface area (Å²) in [6.45, 7) is 4.07. The number of rotatable bonds is 5. The van der Waals surface area contributed by atoms with Gasteiger partial charge in [-0.15, -0.1) is 0 Å². The summed E-state index contributed by atoms with van der Waals surface area (Å²) in [7, 11) is 1.29. The Hall–Kier alpha value is -1.30. The average molecular weight is 299 g/mol. The maximum absolute atomic E-state index is 12.2. The van der Waals surface area contributed by atoms with Gasteiger partial charge < -0.3 is 19.5 Å². The van der Waals surface area contributed by atoms with Crippen LogP contribution in [0.3, 0.4) is 0 Å². The predicted octanol–water partition coefficient (Wildman–Crippen LogP) is 1.87. The monoisotopic (exact) mass is 299 g/mol. The predicted molar refractivity (Wildman–Crippen MR) is 75.7 cm³/mol. The number of esters is 1. The molecule has 1 saturated carbocycles. The molecule has 6 nitrogen and oxygen atoms in total. The van der Waals surface area contributed by atoms with E-state index in [1.807, 2.05) is 6.92 Å². The van der Waals surface area contributed by atoms with Gasteiger partial charge in [-0.2, -0.15) is 0 Å². The zero-order chi connectivity index (χ0) is 15.4. The molecular formula is C15H25NO5. The zero-order valence-corrected chi connectivity index (χ0v) is 13.0. The molecule has 1 aliphatic carbocycles. The van der Waals surface area contributed by atoms with Crippen LogP contribution < -0.4 is 5.32 Å². The summed E-state index contributed by atoms with van der Waals surface area (Å²) in [4.78, 5) is 23.7. The Kier molecular flexibility index (Phi) is 5.45. The first-order chi connectivity index (χ1) is 10.0. The standard InChI is InChI=1S/C15H25NO5/c1-4-20-14(17)13(16-15(18)19-3)11-7-9(2)21-12(8-11)10-5-6-10/h9-13H,4-8H2,1-3H3,(H,16,18)/t9-,11-,12+,13-/m0/s1. The van der Waals surface area contributed by atoms with Crippen molar-refractivity contribution in [1.82, 2.24) is 5.32 Å². The smallest absolute Gasteiger partial charge is 0.407 e. The third kappa shape index (κ3) is 4.33. The van der Waals surface area contributed by atoms with E-state index in [1.165, 1.54) is 20.0 Å². The Balaban J connectivity index is 2.05. The molecule has 1 amide bonds. The molecule has 0 radical (unpaired) electrons. The summed E-state index contributed by atoms with van der Waals surface area (Å²) < 4.78 is 15.7. The van der Waals surface area contributed by atoms with E-state index in [-0.39, 0.29) is 18.1 Å². The van der Waals surface area contributed by atoms with Gasteiger partial charge in [0.15, 0.2) is 0 Å². The summed E-state index contributed by atoms with van der Waals surface area (Å²) in [6, 6.07) is -0.662. The molecule has 0 aromatic heterocycles. The quantitative estimate of drug-likeness (QED) is 0.784. The lowest BCUT2D eigenvalue weighted by Gasteiger charge is -2.37. The van der Waals surface area contributed by atoms with E-state index < -0.39 is 18.1 Å². The topological polar surface area (TPSA) is 73.9 Å². The van der Waals surface area contributed by atoms with Crippen molar-refractivity contribution >= 4 is 12.1 Å². The third-order valence-electron chi connectivity index (χ3n) is 4.20. The summed E-state index contributed by atoms with van der Waals surface area (Å²) in [5, 5.41) is 2.63. The summed E-state index contributed by atoms with van der Waals surface area (Å²) in [5.74, 6) is 0.241. The van der Waals surface area contributed by atoms with Gasteiger partial charge in [-0.3, -0.25) is 0 Å². The number of ether oxygens (including phenoxy) is 3. The van der Waals surface area contributed by atoms with E-state index in [9.17, 15) is 9.59 Å². The maximum atomic E-state index is 12.2. The largest absolute Gasteiger partial charge is 0.464 e. The molecule has 0 unspecified atom stereocenters. The molecule has 2 aliphatic rings. The number of nitrogens with one attached hydrogen (secondary N) is 1. The molecule has 2 fully saturated rings. The van der Waals surface area contributed by atoms with Crippen molar-refractivity contribution in [3.8, 4) is 0 Å². The second-order valence-corrected chi connectivity index (χ2v) is 5.92. The first-order valence-corrected chi connectivity index (χ1v) is 7.71. The molecule has 0 aromatic carbocycles. The highest BCUT2D eigenvalue weighted by Gasteiger charge is 2.42. The lowest BCUT2D eigenvalue weighted by atomic mass is 9.84. The van der Waals surface area contributed by atoms with E-state index in [2.05, 4.69) is 10.1 Å². The van der Waals surface area contributed by atoms with Gasteiger partial charge in [0.2, 0.25) is 0 Å². The van der Waals surface area contributed by atoms with Gasteiger partial charge in [-0.05, 0) is 51.4 Å². The molecular weight excluding hydrogens is 274 g/mol. The van der Waals surface area contributed by atoms with E-state index in [1.54, 1.807) is 6.92 Å². The molecule has 6 heteroatoms.